The zero-order chi connectivity index (χ0) is 32.6. The zero-order valence-corrected chi connectivity index (χ0v) is 30.5. The zero-order valence-electron chi connectivity index (χ0n) is 30.5. The first-order valence-electron chi connectivity index (χ1n) is 17.7. The molecule has 6 unspecified atom stereocenters. The first-order chi connectivity index (χ1) is 20.8. The van der Waals surface area contributed by atoms with E-state index in [4.69, 9.17) is 0 Å². The van der Waals surface area contributed by atoms with E-state index in [1.165, 1.54) is 93.5 Å². The largest absolute Gasteiger partial charge is 0.0625 e. The summed E-state index contributed by atoms with van der Waals surface area (Å²) in [5, 5.41) is 5.54. The topological polar surface area (TPSA) is 0 Å². The quantitative estimate of drug-likeness (QED) is 0.190. The summed E-state index contributed by atoms with van der Waals surface area (Å²) in [4.78, 5) is 0. The molecule has 6 rings (SSSR count). The standard InChI is InChI=1S/2C13H14.2C9H18/c2*1-9-8-10(2)12-6-4-5-7-13(12)11(9)3;2*1-7-4-5-8(2)9(3)6-7/h2*4-8H,1-3H3;2*7-9H,4-6H2,1-3H3. The second kappa shape index (κ2) is 16.6. The molecule has 0 radical (unpaired) electrons. The van der Waals surface area contributed by atoms with Gasteiger partial charge in [-0.2, -0.15) is 0 Å². The minimum atomic E-state index is 0.980. The van der Waals surface area contributed by atoms with E-state index in [9.17, 15) is 0 Å². The van der Waals surface area contributed by atoms with Crippen LogP contribution in [0.15, 0.2) is 60.7 Å². The summed E-state index contributed by atoms with van der Waals surface area (Å²) < 4.78 is 0. The molecule has 240 valence electrons. The molecule has 4 aromatic carbocycles. The minimum Gasteiger partial charge on any atom is -0.0625 e. The summed E-state index contributed by atoms with van der Waals surface area (Å²) >= 11 is 0. The van der Waals surface area contributed by atoms with Crippen LogP contribution < -0.4 is 0 Å². The summed E-state index contributed by atoms with van der Waals surface area (Å²) in [5.74, 6) is 5.93. The molecule has 6 atom stereocenters. The van der Waals surface area contributed by atoms with Crippen molar-refractivity contribution >= 4 is 21.5 Å². The normalized spacial score (nSPS) is 24.7. The third-order valence-electron chi connectivity index (χ3n) is 11.3. The lowest BCUT2D eigenvalue weighted by atomic mass is 9.77. The molecule has 0 aliphatic heterocycles. The van der Waals surface area contributed by atoms with Crippen LogP contribution >= 0.6 is 0 Å². The number of aryl methyl sites for hydroxylation is 6. The van der Waals surface area contributed by atoms with Crippen molar-refractivity contribution in [1.29, 1.82) is 0 Å². The first kappa shape index (κ1) is 35.9. The summed E-state index contributed by atoms with van der Waals surface area (Å²) in [5.41, 5.74) is 8.33. The number of rotatable bonds is 0. The average molecular weight is 593 g/mol. The van der Waals surface area contributed by atoms with E-state index in [1.54, 1.807) is 0 Å². The van der Waals surface area contributed by atoms with E-state index in [2.05, 4.69) is 144 Å². The van der Waals surface area contributed by atoms with Gasteiger partial charge in [-0.25, -0.2) is 0 Å². The van der Waals surface area contributed by atoms with Gasteiger partial charge in [0.15, 0.2) is 0 Å². The predicted molar refractivity (Wildman–Crippen MR) is 199 cm³/mol. The third-order valence-corrected chi connectivity index (χ3v) is 11.3. The Balaban J connectivity index is 0.000000163. The Bertz CT molecular complexity index is 1360. The number of hydrogen-bond acceptors (Lipinski definition) is 0. The molecule has 0 aromatic heterocycles. The Morgan fingerprint density at radius 2 is 0.705 bits per heavy atom. The highest BCUT2D eigenvalue weighted by atomic mass is 14.3. The van der Waals surface area contributed by atoms with Crippen LogP contribution in [-0.2, 0) is 0 Å². The van der Waals surface area contributed by atoms with E-state index in [1.807, 2.05) is 0 Å². The van der Waals surface area contributed by atoms with Gasteiger partial charge in [-0.1, -0.05) is 128 Å². The Kier molecular flexibility index (Phi) is 13.6. The molecule has 0 spiro atoms. The maximum Gasteiger partial charge on any atom is -0.0149 e. The molecule has 2 aliphatic carbocycles. The molecular weight excluding hydrogens is 528 g/mol. The first-order valence-corrected chi connectivity index (χ1v) is 17.7. The lowest BCUT2D eigenvalue weighted by molar-refractivity contribution is 0.220. The number of benzene rings is 4. The summed E-state index contributed by atoms with van der Waals surface area (Å²) in [7, 11) is 0. The fourth-order valence-electron chi connectivity index (χ4n) is 7.39. The molecule has 2 fully saturated rings. The van der Waals surface area contributed by atoms with Crippen LogP contribution in [0.3, 0.4) is 0 Å². The molecule has 0 heterocycles. The maximum atomic E-state index is 2.39. The van der Waals surface area contributed by atoms with Gasteiger partial charge >= 0.3 is 0 Å². The van der Waals surface area contributed by atoms with Crippen LogP contribution in [0.1, 0.15) is 113 Å². The molecule has 0 N–H and O–H groups in total. The number of fused-ring (bicyclic) bond motifs is 2. The van der Waals surface area contributed by atoms with Crippen LogP contribution in [-0.4, -0.2) is 0 Å². The van der Waals surface area contributed by atoms with Crippen LogP contribution in [0.25, 0.3) is 21.5 Å². The van der Waals surface area contributed by atoms with E-state index in [0.29, 0.717) is 0 Å². The van der Waals surface area contributed by atoms with E-state index in [0.717, 1.165) is 35.5 Å². The van der Waals surface area contributed by atoms with Gasteiger partial charge in [-0.3, -0.25) is 0 Å². The molecule has 44 heavy (non-hydrogen) atoms. The Morgan fingerprint density at radius 1 is 0.386 bits per heavy atom. The van der Waals surface area contributed by atoms with Gasteiger partial charge in [0.1, 0.15) is 0 Å². The molecule has 0 saturated heterocycles. The van der Waals surface area contributed by atoms with Gasteiger partial charge < -0.3 is 0 Å². The summed E-state index contributed by atoms with van der Waals surface area (Å²) in [6.07, 6.45) is 8.77. The van der Waals surface area contributed by atoms with E-state index < -0.39 is 0 Å². The van der Waals surface area contributed by atoms with Gasteiger partial charge in [0.25, 0.3) is 0 Å². The monoisotopic (exact) mass is 593 g/mol. The maximum absolute atomic E-state index is 2.39. The second-order valence-corrected chi connectivity index (χ2v) is 15.1. The highest BCUT2D eigenvalue weighted by molar-refractivity contribution is 5.90. The van der Waals surface area contributed by atoms with Crippen molar-refractivity contribution in [2.45, 2.75) is 122 Å². The van der Waals surface area contributed by atoms with Crippen molar-refractivity contribution in [3.8, 4) is 0 Å². The van der Waals surface area contributed by atoms with Crippen LogP contribution in [0.4, 0.5) is 0 Å². The molecule has 0 bridgehead atoms. The Morgan fingerprint density at radius 3 is 1.00 bits per heavy atom. The molecule has 0 heteroatoms. The fourth-order valence-corrected chi connectivity index (χ4v) is 7.39. The lowest BCUT2D eigenvalue weighted by Gasteiger charge is -2.29. The molecule has 0 nitrogen and oxygen atoms in total. The molecular formula is C44H64. The van der Waals surface area contributed by atoms with Gasteiger partial charge in [-0.05, 0) is 145 Å². The average Bonchev–Trinajstić information content (AvgIpc) is 3.00. The van der Waals surface area contributed by atoms with Crippen molar-refractivity contribution in [2.75, 3.05) is 0 Å². The summed E-state index contributed by atoms with van der Waals surface area (Å²) in [6, 6.07) is 21.7. The van der Waals surface area contributed by atoms with Crippen molar-refractivity contribution in [3.05, 3.63) is 94.0 Å². The van der Waals surface area contributed by atoms with Crippen molar-refractivity contribution < 1.29 is 0 Å². The van der Waals surface area contributed by atoms with Gasteiger partial charge in [0.05, 0.1) is 0 Å². The predicted octanol–water partition coefficient (Wildman–Crippen LogP) is 13.7. The third kappa shape index (κ3) is 9.70. The smallest absolute Gasteiger partial charge is 0.0149 e. The van der Waals surface area contributed by atoms with Gasteiger partial charge in [0, 0.05) is 0 Å². The lowest BCUT2D eigenvalue weighted by Crippen LogP contribution is -2.18. The van der Waals surface area contributed by atoms with Crippen LogP contribution in [0.5, 0.6) is 0 Å². The molecule has 0 amide bonds. The summed E-state index contributed by atoms with van der Waals surface area (Å²) in [6.45, 7) is 27.4. The van der Waals surface area contributed by atoms with Crippen molar-refractivity contribution in [2.24, 2.45) is 35.5 Å². The fraction of sp³-hybridized carbons (Fsp3) is 0.545. The van der Waals surface area contributed by atoms with E-state index in [-0.39, 0.29) is 0 Å². The minimum absolute atomic E-state index is 0.980. The Hall–Kier alpha value is -2.60. The Labute approximate surface area is 272 Å². The number of hydrogen-bond donors (Lipinski definition) is 0. The molecule has 4 aromatic rings. The van der Waals surface area contributed by atoms with Gasteiger partial charge in [-0.15, -0.1) is 0 Å². The van der Waals surface area contributed by atoms with E-state index >= 15 is 0 Å². The van der Waals surface area contributed by atoms with Crippen LogP contribution in [0, 0.1) is 77.0 Å². The second-order valence-electron chi connectivity index (χ2n) is 15.1. The highest BCUT2D eigenvalue weighted by Crippen LogP contribution is 2.33. The van der Waals surface area contributed by atoms with Gasteiger partial charge in [0.2, 0.25) is 0 Å². The van der Waals surface area contributed by atoms with Crippen molar-refractivity contribution in [3.63, 3.8) is 0 Å². The highest BCUT2D eigenvalue weighted by Gasteiger charge is 2.21. The molecule has 2 aliphatic rings. The van der Waals surface area contributed by atoms with Crippen LogP contribution in [0.2, 0.25) is 0 Å². The van der Waals surface area contributed by atoms with Crippen molar-refractivity contribution in [1.82, 2.24) is 0 Å². The SMILES string of the molecule is CC1CCC(C)C(C)C1.CC1CCC(C)C(C)C1.Cc1cc(C)c2ccccc2c1C.Cc1cc(C)c2ccccc2c1C. The molecule has 2 saturated carbocycles.